The first-order valence-corrected chi connectivity index (χ1v) is 3.81. The lowest BCUT2D eigenvalue weighted by Crippen LogP contribution is -1.90. The van der Waals surface area contributed by atoms with E-state index in [2.05, 4.69) is 0 Å². The molecule has 2 N–H and O–H groups in total. The molecule has 0 spiro atoms. The first-order valence-electron chi connectivity index (χ1n) is 3.81. The van der Waals surface area contributed by atoms with Gasteiger partial charge in [-0.05, 0) is 18.6 Å². The summed E-state index contributed by atoms with van der Waals surface area (Å²) in [6.45, 7) is 1.64. The van der Waals surface area contributed by atoms with Crippen LogP contribution in [0.5, 0.6) is 5.75 Å². The molecule has 0 saturated heterocycles. The molecule has 1 aromatic carbocycles. The van der Waals surface area contributed by atoms with Crippen LogP contribution in [0.25, 0.3) is 5.57 Å². The summed E-state index contributed by atoms with van der Waals surface area (Å²) in [5, 5.41) is 17.8. The van der Waals surface area contributed by atoms with E-state index < -0.39 is 5.97 Å². The molecule has 1 rings (SSSR count). The number of rotatable bonds is 2. The van der Waals surface area contributed by atoms with Gasteiger partial charge in [-0.1, -0.05) is 18.2 Å². The minimum Gasteiger partial charge on any atom is -0.507 e. The normalized spacial score (nSPS) is 11.3. The van der Waals surface area contributed by atoms with Gasteiger partial charge in [0, 0.05) is 11.6 Å². The number of carboxylic acid groups (broad SMARTS) is 1. The molecular formula is C10H10O3. The quantitative estimate of drug-likeness (QED) is 0.680. The first kappa shape index (κ1) is 9.32. The molecule has 13 heavy (non-hydrogen) atoms. The van der Waals surface area contributed by atoms with Gasteiger partial charge < -0.3 is 10.2 Å². The standard InChI is InChI=1S/C10H10O3/c1-7(6-10(12)13)8-4-2-3-5-9(8)11/h2-6,11H,1H3,(H,12,13)/b7-6-. The summed E-state index contributed by atoms with van der Waals surface area (Å²) < 4.78 is 0. The van der Waals surface area contributed by atoms with Crippen molar-refractivity contribution in [3.8, 4) is 5.75 Å². The third-order valence-electron chi connectivity index (χ3n) is 1.67. The maximum Gasteiger partial charge on any atom is 0.328 e. The van der Waals surface area contributed by atoms with Gasteiger partial charge >= 0.3 is 5.97 Å². The monoisotopic (exact) mass is 178 g/mol. The molecule has 3 heteroatoms. The van der Waals surface area contributed by atoms with Gasteiger partial charge in [-0.3, -0.25) is 0 Å². The topological polar surface area (TPSA) is 57.5 Å². The smallest absolute Gasteiger partial charge is 0.328 e. The molecular weight excluding hydrogens is 168 g/mol. The summed E-state index contributed by atoms with van der Waals surface area (Å²) in [5.41, 5.74) is 1.08. The average Bonchev–Trinajstić information content (AvgIpc) is 2.03. The number of aromatic hydroxyl groups is 1. The summed E-state index contributed by atoms with van der Waals surface area (Å²) in [6.07, 6.45) is 1.06. The molecule has 0 radical (unpaired) electrons. The van der Waals surface area contributed by atoms with E-state index in [0.717, 1.165) is 6.08 Å². The number of phenols is 1. The van der Waals surface area contributed by atoms with Crippen molar-refractivity contribution in [2.24, 2.45) is 0 Å². The van der Waals surface area contributed by atoms with E-state index in [1.807, 2.05) is 0 Å². The SMILES string of the molecule is C/C(=C/C(=O)O)c1ccccc1O. The molecule has 0 aromatic heterocycles. The van der Waals surface area contributed by atoms with Crippen molar-refractivity contribution in [2.45, 2.75) is 6.92 Å². The number of carbonyl (C=O) groups is 1. The van der Waals surface area contributed by atoms with Crippen molar-refractivity contribution in [3.63, 3.8) is 0 Å². The molecule has 0 heterocycles. The molecule has 0 atom stereocenters. The van der Waals surface area contributed by atoms with Crippen molar-refractivity contribution in [1.82, 2.24) is 0 Å². The number of para-hydroxylation sites is 1. The van der Waals surface area contributed by atoms with Crippen LogP contribution in [0.1, 0.15) is 12.5 Å². The molecule has 0 aliphatic carbocycles. The fraction of sp³-hybridized carbons (Fsp3) is 0.100. The van der Waals surface area contributed by atoms with Gasteiger partial charge in [0.2, 0.25) is 0 Å². The van der Waals surface area contributed by atoms with Gasteiger partial charge in [-0.2, -0.15) is 0 Å². The molecule has 0 bridgehead atoms. The van der Waals surface area contributed by atoms with Crippen LogP contribution in [-0.2, 0) is 4.79 Å². The Labute approximate surface area is 76.0 Å². The molecule has 1 aromatic rings. The second-order valence-corrected chi connectivity index (χ2v) is 2.68. The van der Waals surface area contributed by atoms with Crippen LogP contribution in [0, 0.1) is 0 Å². The van der Waals surface area contributed by atoms with Crippen molar-refractivity contribution in [2.75, 3.05) is 0 Å². The van der Waals surface area contributed by atoms with Gasteiger partial charge in [0.15, 0.2) is 0 Å². The molecule has 0 aliphatic heterocycles. The van der Waals surface area contributed by atoms with E-state index in [1.54, 1.807) is 25.1 Å². The number of phenolic OH excluding ortho intramolecular Hbond substituents is 1. The number of hydrogen-bond acceptors (Lipinski definition) is 2. The minimum atomic E-state index is -1.01. The molecule has 0 fully saturated rings. The van der Waals surface area contributed by atoms with E-state index in [9.17, 15) is 9.90 Å². The second-order valence-electron chi connectivity index (χ2n) is 2.68. The summed E-state index contributed by atoms with van der Waals surface area (Å²) in [4.78, 5) is 10.3. The highest BCUT2D eigenvalue weighted by Crippen LogP contribution is 2.23. The van der Waals surface area contributed by atoms with E-state index in [-0.39, 0.29) is 5.75 Å². The van der Waals surface area contributed by atoms with E-state index in [1.165, 1.54) is 6.07 Å². The summed E-state index contributed by atoms with van der Waals surface area (Å²) in [6, 6.07) is 6.62. The number of benzene rings is 1. The minimum absolute atomic E-state index is 0.0949. The van der Waals surface area contributed by atoms with Gasteiger partial charge in [0.05, 0.1) is 0 Å². The van der Waals surface area contributed by atoms with E-state index in [0.29, 0.717) is 11.1 Å². The molecule has 68 valence electrons. The number of allylic oxidation sites excluding steroid dienone is 1. The third-order valence-corrected chi connectivity index (χ3v) is 1.67. The lowest BCUT2D eigenvalue weighted by Gasteiger charge is -2.02. The fourth-order valence-electron chi connectivity index (χ4n) is 1.07. The van der Waals surface area contributed by atoms with Crippen molar-refractivity contribution in [3.05, 3.63) is 35.9 Å². The van der Waals surface area contributed by atoms with Crippen LogP contribution in [0.15, 0.2) is 30.3 Å². The van der Waals surface area contributed by atoms with Crippen LogP contribution in [-0.4, -0.2) is 16.2 Å². The lowest BCUT2D eigenvalue weighted by atomic mass is 10.1. The Morgan fingerprint density at radius 3 is 2.54 bits per heavy atom. The summed E-state index contributed by atoms with van der Waals surface area (Å²) in [5.74, 6) is -0.918. The third kappa shape index (κ3) is 2.33. The van der Waals surface area contributed by atoms with Gasteiger partial charge in [0.25, 0.3) is 0 Å². The van der Waals surface area contributed by atoms with Crippen LogP contribution in [0.4, 0.5) is 0 Å². The first-order chi connectivity index (χ1) is 6.11. The van der Waals surface area contributed by atoms with Crippen molar-refractivity contribution < 1.29 is 15.0 Å². The Kier molecular flexibility index (Phi) is 2.69. The van der Waals surface area contributed by atoms with Crippen molar-refractivity contribution >= 4 is 11.5 Å². The van der Waals surface area contributed by atoms with Gasteiger partial charge in [0.1, 0.15) is 5.75 Å². The summed E-state index contributed by atoms with van der Waals surface area (Å²) in [7, 11) is 0. The van der Waals surface area contributed by atoms with Crippen LogP contribution in [0.2, 0.25) is 0 Å². The zero-order valence-electron chi connectivity index (χ0n) is 7.19. The highest BCUT2D eigenvalue weighted by atomic mass is 16.4. The largest absolute Gasteiger partial charge is 0.507 e. The highest BCUT2D eigenvalue weighted by molar-refractivity contribution is 5.90. The number of hydrogen-bond donors (Lipinski definition) is 2. The lowest BCUT2D eigenvalue weighted by molar-refractivity contribution is -0.131. The van der Waals surface area contributed by atoms with Crippen molar-refractivity contribution in [1.29, 1.82) is 0 Å². The average molecular weight is 178 g/mol. The zero-order chi connectivity index (χ0) is 9.84. The molecule has 3 nitrogen and oxygen atoms in total. The molecule has 0 aliphatic rings. The van der Waals surface area contributed by atoms with Crippen LogP contribution < -0.4 is 0 Å². The highest BCUT2D eigenvalue weighted by Gasteiger charge is 2.02. The Balaban J connectivity index is 3.08. The summed E-state index contributed by atoms with van der Waals surface area (Å²) >= 11 is 0. The van der Waals surface area contributed by atoms with Gasteiger partial charge in [-0.25, -0.2) is 4.79 Å². The Hall–Kier alpha value is -1.77. The predicted octanol–water partition coefficient (Wildman–Crippen LogP) is 1.88. The Morgan fingerprint density at radius 2 is 2.00 bits per heavy atom. The molecule has 0 amide bonds. The molecule has 0 unspecified atom stereocenters. The Bertz CT molecular complexity index is 353. The van der Waals surface area contributed by atoms with E-state index in [4.69, 9.17) is 5.11 Å². The Morgan fingerprint density at radius 1 is 1.38 bits per heavy atom. The fourth-order valence-corrected chi connectivity index (χ4v) is 1.07. The maximum atomic E-state index is 10.3. The molecule has 0 saturated carbocycles. The maximum absolute atomic E-state index is 10.3. The second kappa shape index (κ2) is 3.76. The van der Waals surface area contributed by atoms with Crippen LogP contribution in [0.3, 0.4) is 0 Å². The predicted molar refractivity (Wildman–Crippen MR) is 49.4 cm³/mol. The zero-order valence-corrected chi connectivity index (χ0v) is 7.19. The van der Waals surface area contributed by atoms with Gasteiger partial charge in [-0.15, -0.1) is 0 Å². The van der Waals surface area contributed by atoms with Crippen LogP contribution >= 0.6 is 0 Å². The number of aliphatic carboxylic acids is 1. The van der Waals surface area contributed by atoms with E-state index >= 15 is 0 Å². The number of carboxylic acids is 1.